The first-order valence-corrected chi connectivity index (χ1v) is 8.81. The van der Waals surface area contributed by atoms with Gasteiger partial charge >= 0.3 is 0 Å². The Hall–Kier alpha value is -2.41. The van der Waals surface area contributed by atoms with Gasteiger partial charge in [0.2, 0.25) is 5.91 Å². The molecule has 0 aromatic carbocycles. The summed E-state index contributed by atoms with van der Waals surface area (Å²) in [6, 6.07) is 7.00. The van der Waals surface area contributed by atoms with Gasteiger partial charge in [-0.05, 0) is 30.5 Å². The Labute approximate surface area is 145 Å². The van der Waals surface area contributed by atoms with Crippen molar-refractivity contribution < 1.29 is 9.59 Å². The van der Waals surface area contributed by atoms with Gasteiger partial charge in [0.1, 0.15) is 6.04 Å². The molecule has 3 rings (SSSR count). The van der Waals surface area contributed by atoms with Crippen molar-refractivity contribution in [3.8, 4) is 0 Å². The van der Waals surface area contributed by atoms with Crippen molar-refractivity contribution in [2.24, 2.45) is 0 Å². The molecule has 0 bridgehead atoms. The number of pyridine rings is 1. The molecule has 2 amide bonds. The van der Waals surface area contributed by atoms with Crippen molar-refractivity contribution in [1.29, 1.82) is 0 Å². The molecule has 3 heterocycles. The van der Waals surface area contributed by atoms with Crippen LogP contribution >= 0.6 is 11.3 Å². The van der Waals surface area contributed by atoms with Crippen molar-refractivity contribution in [2.75, 3.05) is 31.1 Å². The minimum Gasteiger partial charge on any atom is -0.368 e. The first kappa shape index (κ1) is 16.4. The van der Waals surface area contributed by atoms with Crippen LogP contribution in [-0.4, -0.2) is 53.9 Å². The van der Waals surface area contributed by atoms with Gasteiger partial charge in [-0.15, -0.1) is 11.3 Å². The van der Waals surface area contributed by atoms with E-state index in [9.17, 15) is 9.59 Å². The van der Waals surface area contributed by atoms with Crippen LogP contribution in [0.3, 0.4) is 0 Å². The third-order valence-electron chi connectivity index (χ3n) is 4.08. The highest BCUT2D eigenvalue weighted by Gasteiger charge is 2.26. The van der Waals surface area contributed by atoms with Gasteiger partial charge in [-0.3, -0.25) is 14.6 Å². The van der Waals surface area contributed by atoms with Crippen LogP contribution in [0, 0.1) is 0 Å². The lowest BCUT2D eigenvalue weighted by Crippen LogP contribution is -2.54. The summed E-state index contributed by atoms with van der Waals surface area (Å²) >= 11 is 1.37. The van der Waals surface area contributed by atoms with Crippen molar-refractivity contribution in [2.45, 2.75) is 13.0 Å². The molecule has 6 nitrogen and oxygen atoms in total. The average molecular weight is 344 g/mol. The number of amides is 2. The fraction of sp³-hybridized carbons (Fsp3) is 0.353. The van der Waals surface area contributed by atoms with Gasteiger partial charge in [0.15, 0.2) is 0 Å². The monoisotopic (exact) mass is 344 g/mol. The minimum absolute atomic E-state index is 0.0331. The topological polar surface area (TPSA) is 65.5 Å². The summed E-state index contributed by atoms with van der Waals surface area (Å²) in [5.74, 6) is -0.226. The van der Waals surface area contributed by atoms with E-state index >= 15 is 0 Å². The molecule has 1 atom stereocenters. The molecular weight excluding hydrogens is 324 g/mol. The summed E-state index contributed by atoms with van der Waals surface area (Å²) in [6.45, 7) is 4.60. The molecule has 0 radical (unpaired) electrons. The number of hydrogen-bond acceptors (Lipinski definition) is 5. The fourth-order valence-corrected chi connectivity index (χ4v) is 3.38. The smallest absolute Gasteiger partial charge is 0.261 e. The van der Waals surface area contributed by atoms with Gasteiger partial charge in [-0.2, -0.15) is 0 Å². The predicted molar refractivity (Wildman–Crippen MR) is 94.3 cm³/mol. The zero-order valence-electron chi connectivity index (χ0n) is 13.5. The first-order chi connectivity index (χ1) is 11.6. The maximum Gasteiger partial charge on any atom is 0.261 e. The van der Waals surface area contributed by atoms with Gasteiger partial charge in [-0.25, -0.2) is 0 Å². The standard InChI is InChI=1S/C17H20N4O2S/c1-13(19-16(22)15-3-2-12-24-15)17(23)21-10-8-20(9-11-21)14-4-6-18-7-5-14/h2-7,12-13H,8-11H2,1H3,(H,19,22). The van der Waals surface area contributed by atoms with Crippen LogP contribution in [0.2, 0.25) is 0 Å². The lowest BCUT2D eigenvalue weighted by atomic mass is 10.2. The average Bonchev–Trinajstić information content (AvgIpc) is 3.17. The molecule has 0 spiro atoms. The summed E-state index contributed by atoms with van der Waals surface area (Å²) in [5, 5.41) is 4.63. The lowest BCUT2D eigenvalue weighted by Gasteiger charge is -2.37. The highest BCUT2D eigenvalue weighted by Crippen LogP contribution is 2.15. The Balaban J connectivity index is 1.52. The highest BCUT2D eigenvalue weighted by atomic mass is 32.1. The Bertz CT molecular complexity index is 682. The van der Waals surface area contributed by atoms with E-state index in [2.05, 4.69) is 15.2 Å². The first-order valence-electron chi connectivity index (χ1n) is 7.93. The van der Waals surface area contributed by atoms with Crippen LogP contribution in [0.1, 0.15) is 16.6 Å². The number of carbonyl (C=O) groups excluding carboxylic acids is 2. The number of anilines is 1. The molecule has 0 aliphatic carbocycles. The van der Waals surface area contributed by atoms with E-state index in [-0.39, 0.29) is 11.8 Å². The number of hydrogen-bond donors (Lipinski definition) is 1. The Kier molecular flexibility index (Phi) is 5.10. The van der Waals surface area contributed by atoms with E-state index in [0.717, 1.165) is 18.8 Å². The van der Waals surface area contributed by atoms with Crippen LogP contribution in [0.15, 0.2) is 42.0 Å². The third kappa shape index (κ3) is 3.73. The Morgan fingerprint density at radius 2 is 1.88 bits per heavy atom. The number of piperazine rings is 1. The fourth-order valence-electron chi connectivity index (χ4n) is 2.75. The second-order valence-electron chi connectivity index (χ2n) is 5.69. The molecule has 0 saturated carbocycles. The molecule has 1 aliphatic rings. The van der Waals surface area contributed by atoms with Crippen molar-refractivity contribution in [3.05, 3.63) is 46.9 Å². The second-order valence-corrected chi connectivity index (χ2v) is 6.64. The summed E-state index contributed by atoms with van der Waals surface area (Å²) in [7, 11) is 0. The SMILES string of the molecule is CC(NC(=O)c1cccs1)C(=O)N1CCN(c2ccncc2)CC1. The maximum atomic E-state index is 12.5. The zero-order valence-corrected chi connectivity index (χ0v) is 14.3. The molecule has 7 heteroatoms. The van der Waals surface area contributed by atoms with Crippen molar-refractivity contribution in [3.63, 3.8) is 0 Å². The van der Waals surface area contributed by atoms with Crippen LogP contribution in [0.5, 0.6) is 0 Å². The van der Waals surface area contributed by atoms with Crippen molar-refractivity contribution >= 4 is 28.8 Å². The van der Waals surface area contributed by atoms with E-state index in [1.165, 1.54) is 11.3 Å². The van der Waals surface area contributed by atoms with E-state index in [0.29, 0.717) is 18.0 Å². The van der Waals surface area contributed by atoms with E-state index in [4.69, 9.17) is 0 Å². The molecule has 1 aliphatic heterocycles. The Morgan fingerprint density at radius 3 is 2.50 bits per heavy atom. The number of thiophene rings is 1. The third-order valence-corrected chi connectivity index (χ3v) is 4.95. The van der Waals surface area contributed by atoms with Crippen LogP contribution < -0.4 is 10.2 Å². The minimum atomic E-state index is -0.521. The van der Waals surface area contributed by atoms with Crippen LogP contribution in [-0.2, 0) is 4.79 Å². The normalized spacial score (nSPS) is 15.9. The maximum absolute atomic E-state index is 12.5. The number of aromatic nitrogens is 1. The van der Waals surface area contributed by atoms with Gasteiger partial charge in [0, 0.05) is 44.3 Å². The molecule has 1 saturated heterocycles. The Morgan fingerprint density at radius 1 is 1.17 bits per heavy atom. The van der Waals surface area contributed by atoms with E-state index in [1.807, 2.05) is 28.5 Å². The molecular formula is C17H20N4O2S. The summed E-state index contributed by atoms with van der Waals surface area (Å²) in [4.78, 5) is 33.3. The lowest BCUT2D eigenvalue weighted by molar-refractivity contribution is -0.133. The van der Waals surface area contributed by atoms with Crippen LogP contribution in [0.25, 0.3) is 0 Å². The van der Waals surface area contributed by atoms with E-state index in [1.54, 1.807) is 25.4 Å². The van der Waals surface area contributed by atoms with E-state index < -0.39 is 6.04 Å². The molecule has 24 heavy (non-hydrogen) atoms. The predicted octanol–water partition coefficient (Wildman–Crippen LogP) is 1.61. The zero-order chi connectivity index (χ0) is 16.9. The number of rotatable bonds is 4. The largest absolute Gasteiger partial charge is 0.368 e. The van der Waals surface area contributed by atoms with Crippen molar-refractivity contribution in [1.82, 2.24) is 15.2 Å². The molecule has 1 N–H and O–H groups in total. The second kappa shape index (κ2) is 7.44. The van der Waals surface area contributed by atoms with Gasteiger partial charge < -0.3 is 15.1 Å². The molecule has 2 aromatic rings. The molecule has 1 unspecified atom stereocenters. The summed E-state index contributed by atoms with van der Waals surface area (Å²) < 4.78 is 0. The highest BCUT2D eigenvalue weighted by molar-refractivity contribution is 7.12. The molecule has 1 fully saturated rings. The molecule has 126 valence electrons. The number of nitrogens with one attached hydrogen (secondary N) is 1. The molecule has 2 aromatic heterocycles. The van der Waals surface area contributed by atoms with Crippen LogP contribution in [0.4, 0.5) is 5.69 Å². The number of nitrogens with zero attached hydrogens (tertiary/aromatic N) is 3. The number of carbonyl (C=O) groups is 2. The summed E-state index contributed by atoms with van der Waals surface area (Å²) in [5.41, 5.74) is 1.12. The quantitative estimate of drug-likeness (QED) is 0.915. The van der Waals surface area contributed by atoms with Gasteiger partial charge in [-0.1, -0.05) is 6.07 Å². The van der Waals surface area contributed by atoms with Gasteiger partial charge in [0.25, 0.3) is 5.91 Å². The summed E-state index contributed by atoms with van der Waals surface area (Å²) in [6.07, 6.45) is 3.55. The van der Waals surface area contributed by atoms with Gasteiger partial charge in [0.05, 0.1) is 4.88 Å².